The zero-order valence-electron chi connectivity index (χ0n) is 16.3. The number of carboxylic acids is 1. The van der Waals surface area contributed by atoms with Crippen molar-refractivity contribution in [3.05, 3.63) is 42.4 Å². The van der Waals surface area contributed by atoms with Crippen LogP contribution in [0.3, 0.4) is 0 Å². The van der Waals surface area contributed by atoms with E-state index in [1.54, 1.807) is 12.1 Å². The van der Waals surface area contributed by atoms with Crippen molar-refractivity contribution in [2.24, 2.45) is 11.8 Å². The molecule has 1 fully saturated rings. The molecular weight excluding hydrogens is 374 g/mol. The zero-order chi connectivity index (χ0) is 20.6. The summed E-state index contributed by atoms with van der Waals surface area (Å²) in [5.41, 5.74) is 0.619. The molecule has 1 aliphatic carbocycles. The first-order valence-corrected chi connectivity index (χ1v) is 10.1. The Morgan fingerprint density at radius 1 is 1.28 bits per heavy atom. The van der Waals surface area contributed by atoms with Crippen LogP contribution in [0.1, 0.15) is 61.2 Å². The van der Waals surface area contributed by atoms with E-state index >= 15 is 0 Å². The minimum Gasteiger partial charge on any atom is -0.480 e. The molecule has 0 unspecified atom stereocenters. The highest BCUT2D eigenvalue weighted by atomic mass is 16.4. The molecule has 8 nitrogen and oxygen atoms in total. The summed E-state index contributed by atoms with van der Waals surface area (Å²) >= 11 is 0. The molecule has 1 aliphatic rings. The Labute approximate surface area is 169 Å². The summed E-state index contributed by atoms with van der Waals surface area (Å²) in [4.78, 5) is 43.9. The van der Waals surface area contributed by atoms with Crippen LogP contribution in [-0.2, 0) is 16.0 Å². The molecule has 8 heteroatoms. The predicted octanol–water partition coefficient (Wildman–Crippen LogP) is 2.97. The van der Waals surface area contributed by atoms with Gasteiger partial charge in [0.15, 0.2) is 11.5 Å². The maximum atomic E-state index is 13.0. The monoisotopic (exact) mass is 401 g/mol. The molecule has 3 N–H and O–H groups in total. The highest BCUT2D eigenvalue weighted by Crippen LogP contribution is 2.31. The lowest BCUT2D eigenvalue weighted by molar-refractivity contribution is -0.142. The van der Waals surface area contributed by atoms with E-state index in [9.17, 15) is 19.5 Å². The van der Waals surface area contributed by atoms with Crippen LogP contribution in [-0.4, -0.2) is 38.8 Å². The molecule has 0 bridgehead atoms. The summed E-state index contributed by atoms with van der Waals surface area (Å²) in [5.74, 6) is -1.76. The number of ketones is 1. The quantitative estimate of drug-likeness (QED) is 0.526. The van der Waals surface area contributed by atoms with Crippen molar-refractivity contribution in [3.8, 4) is 0 Å². The normalized spacial score (nSPS) is 16.8. The summed E-state index contributed by atoms with van der Waals surface area (Å²) in [7, 11) is 0. The van der Waals surface area contributed by atoms with Crippen LogP contribution in [0.5, 0.6) is 0 Å². The molecule has 3 rings (SSSR count). The number of nitrogens with one attached hydrogen (secondary N) is 2. The van der Waals surface area contributed by atoms with Crippen LogP contribution >= 0.6 is 0 Å². The average Bonchev–Trinajstić information content (AvgIpc) is 3.41. The van der Waals surface area contributed by atoms with Crippen molar-refractivity contribution in [3.63, 3.8) is 0 Å². The fourth-order valence-electron chi connectivity index (χ4n) is 3.98. The Hall–Kier alpha value is -2.90. The summed E-state index contributed by atoms with van der Waals surface area (Å²) in [6.07, 6.45) is 10.6. The second kappa shape index (κ2) is 10.0. The van der Waals surface area contributed by atoms with E-state index in [1.165, 1.54) is 25.2 Å². The Kier molecular flexibility index (Phi) is 7.21. The minimum absolute atomic E-state index is 0.00619. The maximum absolute atomic E-state index is 13.0. The van der Waals surface area contributed by atoms with E-state index in [0.29, 0.717) is 18.0 Å². The number of imidazole rings is 1. The number of hydrogen-bond acceptors (Lipinski definition) is 5. The van der Waals surface area contributed by atoms with Crippen LogP contribution < -0.4 is 5.32 Å². The number of nitrogens with zero attached hydrogens (tertiary/aromatic N) is 1. The van der Waals surface area contributed by atoms with Gasteiger partial charge >= 0.3 is 5.97 Å². The van der Waals surface area contributed by atoms with E-state index in [-0.39, 0.29) is 24.4 Å². The number of rotatable bonds is 10. The number of Topliss-reactive ketones (excluding diaryl/α,β-unsaturated/α-hetero) is 1. The topological polar surface area (TPSA) is 125 Å². The van der Waals surface area contributed by atoms with E-state index in [1.807, 2.05) is 0 Å². The molecule has 0 aliphatic heterocycles. The van der Waals surface area contributed by atoms with E-state index in [0.717, 1.165) is 25.7 Å². The van der Waals surface area contributed by atoms with Crippen molar-refractivity contribution in [1.82, 2.24) is 15.3 Å². The molecule has 2 aromatic heterocycles. The summed E-state index contributed by atoms with van der Waals surface area (Å²) in [5, 5.41) is 12.2. The SMILES string of the molecule is O=C(C[C@@H](CC1CCCCC1)C(=O)N[C@@H](Cc1cnc[nH]1)C(=O)O)c1ccco1. The third-order valence-electron chi connectivity index (χ3n) is 5.53. The van der Waals surface area contributed by atoms with Crippen molar-refractivity contribution in [1.29, 1.82) is 0 Å². The summed E-state index contributed by atoms with van der Waals surface area (Å²) in [6, 6.07) is 2.13. The lowest BCUT2D eigenvalue weighted by Gasteiger charge is -2.26. The third-order valence-corrected chi connectivity index (χ3v) is 5.53. The molecule has 1 saturated carbocycles. The molecule has 0 aromatic carbocycles. The van der Waals surface area contributed by atoms with Gasteiger partial charge in [0.1, 0.15) is 6.04 Å². The van der Waals surface area contributed by atoms with Crippen molar-refractivity contribution >= 4 is 17.7 Å². The average molecular weight is 401 g/mol. The van der Waals surface area contributed by atoms with Crippen molar-refractivity contribution in [2.45, 2.75) is 57.4 Å². The Morgan fingerprint density at radius 2 is 2.07 bits per heavy atom. The number of carbonyl (C=O) groups is 3. The maximum Gasteiger partial charge on any atom is 0.326 e. The van der Waals surface area contributed by atoms with Gasteiger partial charge in [0.25, 0.3) is 0 Å². The van der Waals surface area contributed by atoms with E-state index < -0.39 is 23.8 Å². The number of amides is 1. The van der Waals surface area contributed by atoms with Crippen LogP contribution in [0.25, 0.3) is 0 Å². The van der Waals surface area contributed by atoms with Crippen molar-refractivity contribution < 1.29 is 23.9 Å². The molecule has 2 heterocycles. The van der Waals surface area contributed by atoms with Crippen LogP contribution in [0.2, 0.25) is 0 Å². The minimum atomic E-state index is -1.12. The molecule has 0 saturated heterocycles. The molecule has 29 heavy (non-hydrogen) atoms. The van der Waals surface area contributed by atoms with Crippen LogP contribution in [0, 0.1) is 11.8 Å². The number of carboxylic acid groups (broad SMARTS) is 1. The lowest BCUT2D eigenvalue weighted by Crippen LogP contribution is -2.45. The van der Waals surface area contributed by atoms with Gasteiger partial charge in [-0.15, -0.1) is 0 Å². The van der Waals surface area contributed by atoms with Gasteiger partial charge in [-0.2, -0.15) is 0 Å². The van der Waals surface area contributed by atoms with Gasteiger partial charge in [0.2, 0.25) is 5.91 Å². The number of H-pyrrole nitrogens is 1. The largest absolute Gasteiger partial charge is 0.480 e. The lowest BCUT2D eigenvalue weighted by atomic mass is 9.81. The standard InChI is InChI=1S/C21H27N3O5/c25-18(19-7-4-8-29-19)10-15(9-14-5-2-1-3-6-14)20(26)24-17(21(27)28)11-16-12-22-13-23-16/h4,7-8,12-15,17H,1-3,5-6,9-11H2,(H,22,23)(H,24,26)(H,27,28)/t15-,17+/m1/s1. The van der Waals surface area contributed by atoms with Gasteiger partial charge in [-0.3, -0.25) is 9.59 Å². The Bertz CT molecular complexity index is 794. The van der Waals surface area contributed by atoms with Crippen molar-refractivity contribution in [2.75, 3.05) is 0 Å². The van der Waals surface area contributed by atoms with Gasteiger partial charge in [-0.05, 0) is 24.5 Å². The van der Waals surface area contributed by atoms with Gasteiger partial charge in [-0.1, -0.05) is 32.1 Å². The Balaban J connectivity index is 1.69. The van der Waals surface area contributed by atoms with Gasteiger partial charge in [0.05, 0.1) is 12.6 Å². The van der Waals surface area contributed by atoms with Crippen LogP contribution in [0.15, 0.2) is 35.3 Å². The molecule has 2 aromatic rings. The first kappa shape index (κ1) is 20.8. The van der Waals surface area contributed by atoms with Crippen LogP contribution in [0.4, 0.5) is 0 Å². The van der Waals surface area contributed by atoms with E-state index in [4.69, 9.17) is 4.42 Å². The first-order valence-electron chi connectivity index (χ1n) is 10.1. The third kappa shape index (κ3) is 6.04. The predicted molar refractivity (Wildman–Crippen MR) is 104 cm³/mol. The number of hydrogen-bond donors (Lipinski definition) is 3. The molecule has 1 amide bonds. The Morgan fingerprint density at radius 3 is 2.69 bits per heavy atom. The zero-order valence-corrected chi connectivity index (χ0v) is 16.3. The second-order valence-electron chi connectivity index (χ2n) is 7.72. The highest BCUT2D eigenvalue weighted by Gasteiger charge is 2.30. The molecule has 0 radical (unpaired) electrons. The van der Waals surface area contributed by atoms with Gasteiger partial charge in [0, 0.05) is 30.7 Å². The number of furan rings is 1. The molecule has 156 valence electrons. The number of aromatic amines is 1. The number of aliphatic carboxylic acids is 1. The fraction of sp³-hybridized carbons (Fsp3) is 0.524. The first-order chi connectivity index (χ1) is 14.0. The van der Waals surface area contributed by atoms with Gasteiger partial charge < -0.3 is 19.8 Å². The molecule has 2 atom stereocenters. The summed E-state index contributed by atoms with van der Waals surface area (Å²) < 4.78 is 5.17. The number of carbonyl (C=O) groups excluding carboxylic acids is 2. The smallest absolute Gasteiger partial charge is 0.326 e. The number of aromatic nitrogens is 2. The van der Waals surface area contributed by atoms with E-state index in [2.05, 4.69) is 15.3 Å². The molecule has 0 spiro atoms. The second-order valence-corrected chi connectivity index (χ2v) is 7.72. The van der Waals surface area contributed by atoms with Gasteiger partial charge in [-0.25, -0.2) is 9.78 Å². The summed E-state index contributed by atoms with van der Waals surface area (Å²) in [6.45, 7) is 0. The molecular formula is C21H27N3O5. The fourth-order valence-corrected chi connectivity index (χ4v) is 3.98. The highest BCUT2D eigenvalue weighted by molar-refractivity contribution is 5.97.